The van der Waals surface area contributed by atoms with E-state index < -0.39 is 35.5 Å². The normalized spacial score (nSPS) is 21.5. The number of hydrogen-bond donors (Lipinski definition) is 3. The summed E-state index contributed by atoms with van der Waals surface area (Å²) in [6, 6.07) is 0.522. The number of nitrogens with zero attached hydrogens (tertiary/aromatic N) is 1. The average molecular weight is 296 g/mol. The molecule has 0 bridgehead atoms. The number of aromatic hydroxyl groups is 1. The topological polar surface area (TPSA) is 108 Å². The number of phenols is 1. The van der Waals surface area contributed by atoms with Gasteiger partial charge in [-0.1, -0.05) is 0 Å². The molecule has 2 unspecified atom stereocenters. The second-order valence-corrected chi connectivity index (χ2v) is 4.55. The highest BCUT2D eigenvalue weighted by atomic mass is 19.1. The lowest BCUT2D eigenvalue weighted by atomic mass is 9.88. The van der Waals surface area contributed by atoms with E-state index in [2.05, 4.69) is 10.3 Å². The van der Waals surface area contributed by atoms with Crippen molar-refractivity contribution >= 4 is 17.7 Å². The number of carboxylic acid groups (broad SMARTS) is 1. The zero-order valence-corrected chi connectivity index (χ0v) is 11.3. The Hall–Kier alpha value is -2.64. The molecule has 0 spiro atoms. The van der Waals surface area contributed by atoms with Gasteiger partial charge in [-0.2, -0.15) is 0 Å². The fourth-order valence-corrected chi connectivity index (χ4v) is 2.25. The monoisotopic (exact) mass is 296 g/mol. The minimum atomic E-state index is -1.20. The second kappa shape index (κ2) is 5.39. The summed E-state index contributed by atoms with van der Waals surface area (Å²) in [5, 5.41) is 21.1. The van der Waals surface area contributed by atoms with Crippen LogP contribution in [0.1, 0.15) is 18.5 Å². The van der Waals surface area contributed by atoms with Gasteiger partial charge >= 0.3 is 12.0 Å². The number of rotatable bonds is 3. The van der Waals surface area contributed by atoms with Crippen molar-refractivity contribution in [3.8, 4) is 11.5 Å². The average Bonchev–Trinajstić information content (AvgIpc) is 2.40. The number of phenolic OH excluding ortho intramolecular Hbond substituents is 1. The molecule has 1 heterocycles. The predicted octanol–water partition coefficient (Wildman–Crippen LogP) is 1.47. The van der Waals surface area contributed by atoms with Crippen LogP contribution >= 0.6 is 0 Å². The number of urea groups is 1. The number of carbonyl (C=O) groups is 2. The quantitative estimate of drug-likeness (QED) is 0.782. The van der Waals surface area contributed by atoms with Crippen molar-refractivity contribution < 1.29 is 28.9 Å². The first kappa shape index (κ1) is 14.8. The molecule has 0 saturated heterocycles. The Balaban J connectivity index is 2.53. The first-order chi connectivity index (χ1) is 9.85. The Kier molecular flexibility index (Phi) is 3.79. The molecular weight excluding hydrogens is 283 g/mol. The number of amides is 2. The fraction of sp³-hybridized carbons (Fsp3) is 0.308. The van der Waals surface area contributed by atoms with Crippen LogP contribution in [-0.2, 0) is 4.79 Å². The molecule has 1 aliphatic heterocycles. The van der Waals surface area contributed by atoms with Crippen LogP contribution in [0.4, 0.5) is 9.18 Å². The van der Waals surface area contributed by atoms with Gasteiger partial charge in [-0.15, -0.1) is 0 Å². The van der Waals surface area contributed by atoms with Crippen molar-refractivity contribution in [3.05, 3.63) is 23.5 Å². The van der Waals surface area contributed by atoms with E-state index in [1.165, 1.54) is 20.1 Å². The maximum Gasteiger partial charge on any atom is 0.341 e. The Bertz CT molecular complexity index is 644. The molecule has 7 nitrogen and oxygen atoms in total. The van der Waals surface area contributed by atoms with Gasteiger partial charge in [0, 0.05) is 5.71 Å². The van der Waals surface area contributed by atoms with E-state index in [0.717, 1.165) is 6.07 Å². The molecule has 0 aromatic heterocycles. The minimum Gasteiger partial charge on any atom is -0.502 e. The Morgan fingerprint density at radius 1 is 1.48 bits per heavy atom. The summed E-state index contributed by atoms with van der Waals surface area (Å²) in [5.74, 6) is -4.13. The molecule has 1 aromatic rings. The lowest BCUT2D eigenvalue weighted by Crippen LogP contribution is -2.43. The molecule has 2 rings (SSSR count). The molecule has 21 heavy (non-hydrogen) atoms. The molecule has 112 valence electrons. The molecule has 0 radical (unpaired) electrons. The van der Waals surface area contributed by atoms with E-state index >= 15 is 0 Å². The van der Waals surface area contributed by atoms with Crippen molar-refractivity contribution in [2.75, 3.05) is 7.11 Å². The van der Waals surface area contributed by atoms with Crippen molar-refractivity contribution in [2.24, 2.45) is 10.9 Å². The van der Waals surface area contributed by atoms with Crippen LogP contribution in [0.25, 0.3) is 0 Å². The summed E-state index contributed by atoms with van der Waals surface area (Å²) in [5.41, 5.74) is 0.279. The Morgan fingerprint density at radius 2 is 2.14 bits per heavy atom. The second-order valence-electron chi connectivity index (χ2n) is 4.55. The zero-order chi connectivity index (χ0) is 15.7. The molecule has 8 heteroatoms. The Morgan fingerprint density at radius 3 is 2.71 bits per heavy atom. The SMILES string of the molecule is COc1cc(C2NC(=O)N=C(C)C2C(=O)O)cc(F)c1O. The summed E-state index contributed by atoms with van der Waals surface area (Å²) in [6.45, 7) is 1.42. The van der Waals surface area contributed by atoms with E-state index in [4.69, 9.17) is 4.74 Å². The third-order valence-corrected chi connectivity index (χ3v) is 3.24. The van der Waals surface area contributed by atoms with E-state index in [1.54, 1.807) is 0 Å². The predicted molar refractivity (Wildman–Crippen MR) is 70.1 cm³/mol. The Labute approximate surface area is 119 Å². The summed E-state index contributed by atoms with van der Waals surface area (Å²) in [7, 11) is 1.24. The highest BCUT2D eigenvalue weighted by Gasteiger charge is 2.37. The first-order valence-corrected chi connectivity index (χ1v) is 6.00. The van der Waals surface area contributed by atoms with Gasteiger partial charge in [0.05, 0.1) is 13.2 Å². The number of aliphatic imine (C=N–C) groups is 1. The zero-order valence-electron chi connectivity index (χ0n) is 11.3. The van der Waals surface area contributed by atoms with Gasteiger partial charge in [0.15, 0.2) is 17.3 Å². The van der Waals surface area contributed by atoms with Gasteiger partial charge in [-0.3, -0.25) is 4.79 Å². The number of ether oxygens (including phenoxy) is 1. The van der Waals surface area contributed by atoms with Gasteiger partial charge < -0.3 is 20.3 Å². The molecule has 1 aliphatic rings. The van der Waals surface area contributed by atoms with Crippen LogP contribution in [0, 0.1) is 11.7 Å². The van der Waals surface area contributed by atoms with Gasteiger partial charge in [-0.05, 0) is 24.6 Å². The number of aliphatic carboxylic acids is 1. The van der Waals surface area contributed by atoms with Crippen LogP contribution in [0.3, 0.4) is 0 Å². The van der Waals surface area contributed by atoms with Gasteiger partial charge in [-0.25, -0.2) is 14.2 Å². The van der Waals surface area contributed by atoms with Crippen molar-refractivity contribution in [2.45, 2.75) is 13.0 Å². The number of hydrogen-bond acceptors (Lipinski definition) is 4. The lowest BCUT2D eigenvalue weighted by molar-refractivity contribution is -0.140. The molecule has 2 atom stereocenters. The summed E-state index contributed by atoms with van der Waals surface area (Å²) < 4.78 is 18.5. The van der Waals surface area contributed by atoms with E-state index in [1.807, 2.05) is 0 Å². The number of nitrogens with one attached hydrogen (secondary N) is 1. The minimum absolute atomic E-state index is 0.115. The molecular formula is C13H13FN2O5. The van der Waals surface area contributed by atoms with Crippen LogP contribution < -0.4 is 10.1 Å². The van der Waals surface area contributed by atoms with Gasteiger partial charge in [0.1, 0.15) is 5.92 Å². The van der Waals surface area contributed by atoms with E-state index in [9.17, 15) is 24.2 Å². The highest BCUT2D eigenvalue weighted by Crippen LogP contribution is 2.35. The van der Waals surface area contributed by atoms with Crippen LogP contribution in [0.5, 0.6) is 11.5 Å². The molecule has 1 aromatic carbocycles. The van der Waals surface area contributed by atoms with E-state index in [-0.39, 0.29) is 17.0 Å². The number of benzene rings is 1. The smallest absolute Gasteiger partial charge is 0.341 e. The number of methoxy groups -OCH3 is 1. The molecule has 2 amide bonds. The van der Waals surface area contributed by atoms with E-state index in [0.29, 0.717) is 0 Å². The van der Waals surface area contributed by atoms with Crippen molar-refractivity contribution in [1.29, 1.82) is 0 Å². The summed E-state index contributed by atoms with van der Waals surface area (Å²) >= 11 is 0. The fourth-order valence-electron chi connectivity index (χ4n) is 2.25. The largest absolute Gasteiger partial charge is 0.502 e. The third kappa shape index (κ3) is 2.64. The molecule has 0 aliphatic carbocycles. The standard InChI is InChI=1S/C13H13FN2O5/c1-5-9(12(18)19)10(16-13(20)15-5)6-3-7(14)11(17)8(4-6)21-2/h3-4,9-10,17H,1-2H3,(H,16,20)(H,18,19). The number of carboxylic acids is 1. The summed E-state index contributed by atoms with van der Waals surface area (Å²) in [4.78, 5) is 26.4. The third-order valence-electron chi connectivity index (χ3n) is 3.24. The summed E-state index contributed by atoms with van der Waals surface area (Å²) in [6.07, 6.45) is 0. The lowest BCUT2D eigenvalue weighted by Gasteiger charge is -2.28. The molecule has 3 N–H and O–H groups in total. The number of halogens is 1. The highest BCUT2D eigenvalue weighted by molar-refractivity contribution is 6.07. The van der Waals surface area contributed by atoms with Crippen LogP contribution in [-0.4, -0.2) is 35.0 Å². The molecule has 0 saturated carbocycles. The van der Waals surface area contributed by atoms with Crippen molar-refractivity contribution in [3.63, 3.8) is 0 Å². The molecule has 0 fully saturated rings. The number of carbonyl (C=O) groups excluding carboxylic acids is 1. The van der Waals surface area contributed by atoms with Crippen LogP contribution in [0.2, 0.25) is 0 Å². The van der Waals surface area contributed by atoms with Gasteiger partial charge in [0.2, 0.25) is 0 Å². The van der Waals surface area contributed by atoms with Crippen molar-refractivity contribution in [1.82, 2.24) is 5.32 Å². The van der Waals surface area contributed by atoms with Crippen LogP contribution in [0.15, 0.2) is 17.1 Å². The maximum atomic E-state index is 13.7. The van der Waals surface area contributed by atoms with Gasteiger partial charge in [0.25, 0.3) is 0 Å². The first-order valence-electron chi connectivity index (χ1n) is 6.00. The maximum absolute atomic E-state index is 13.7.